The minimum Gasteiger partial charge on any atom is -0.0622 e. The van der Waals surface area contributed by atoms with Gasteiger partial charge in [-0.25, -0.2) is 0 Å². The summed E-state index contributed by atoms with van der Waals surface area (Å²) in [6.07, 6.45) is 0. The van der Waals surface area contributed by atoms with Crippen LogP contribution in [0.25, 0.3) is 10.8 Å². The van der Waals surface area contributed by atoms with Crippen molar-refractivity contribution in [2.45, 2.75) is 13.8 Å². The molecule has 0 heteroatoms. The van der Waals surface area contributed by atoms with E-state index in [1.165, 1.54) is 27.8 Å². The van der Waals surface area contributed by atoms with Crippen molar-refractivity contribution >= 4 is 10.8 Å². The molecular weight excluding hydrogens is 240 g/mol. The molecule has 0 aromatic heterocycles. The summed E-state index contributed by atoms with van der Waals surface area (Å²) in [6, 6.07) is 26.0. The van der Waals surface area contributed by atoms with Crippen LogP contribution in [-0.2, 0) is 0 Å². The van der Waals surface area contributed by atoms with E-state index in [-0.39, 0.29) is 0 Å². The van der Waals surface area contributed by atoms with Crippen LogP contribution in [0.15, 0.2) is 72.8 Å². The molecule has 0 saturated carbocycles. The van der Waals surface area contributed by atoms with Gasteiger partial charge in [-0.3, -0.25) is 0 Å². The van der Waals surface area contributed by atoms with Crippen molar-refractivity contribution in [1.82, 2.24) is 0 Å². The number of fused-ring (bicyclic) bond motifs is 1. The summed E-state index contributed by atoms with van der Waals surface area (Å²) in [5.74, 6) is 1.91. The third-order valence-corrected chi connectivity index (χ3v) is 3.72. The lowest BCUT2D eigenvalue weighted by molar-refractivity contribution is 0.710. The highest BCUT2D eigenvalue weighted by molar-refractivity contribution is 5.83. The van der Waals surface area contributed by atoms with Gasteiger partial charge in [0, 0.05) is 5.92 Å². The fourth-order valence-electron chi connectivity index (χ4n) is 2.81. The first-order valence-corrected chi connectivity index (χ1v) is 7.17. The van der Waals surface area contributed by atoms with E-state index in [2.05, 4.69) is 86.6 Å². The monoisotopic (exact) mass is 259 g/mol. The van der Waals surface area contributed by atoms with Gasteiger partial charge in [-0.2, -0.15) is 0 Å². The molecule has 0 saturated heterocycles. The molecule has 3 aromatic rings. The lowest BCUT2D eigenvalue weighted by Gasteiger charge is -2.21. The van der Waals surface area contributed by atoms with Gasteiger partial charge in [0.2, 0.25) is 0 Å². The number of benzene rings is 3. The average molecular weight is 259 g/mol. The fraction of sp³-hybridized carbons (Fsp3) is 0.150. The van der Waals surface area contributed by atoms with Crippen LogP contribution in [0.5, 0.6) is 0 Å². The van der Waals surface area contributed by atoms with Crippen molar-refractivity contribution in [2.24, 2.45) is 5.92 Å². The first-order valence-electron chi connectivity index (χ1n) is 7.17. The second kappa shape index (κ2) is 5.50. The molecule has 0 fully saturated rings. The van der Waals surface area contributed by atoms with E-state index in [1.54, 1.807) is 0 Å². The van der Waals surface area contributed by atoms with E-state index in [0.717, 1.165) is 0 Å². The first kappa shape index (κ1) is 12.9. The van der Waals surface area contributed by atoms with E-state index >= 15 is 0 Å². The van der Waals surface area contributed by atoms with Crippen molar-refractivity contribution < 1.29 is 0 Å². The zero-order valence-corrected chi connectivity index (χ0v) is 12.0. The first-order chi connectivity index (χ1) is 9.75. The van der Waals surface area contributed by atoms with Crippen molar-refractivity contribution in [3.8, 4) is 0 Å². The summed E-state index contributed by atoms with van der Waals surface area (Å²) >= 11 is 0. The molecule has 0 aliphatic carbocycles. The molecule has 99 valence electrons. The van der Waals surface area contributed by atoms with Gasteiger partial charge in [0.15, 0.2) is 0 Å². The number of hydrogen-bond donors (Lipinski definition) is 0. The van der Waals surface area contributed by atoms with E-state index in [1.807, 2.05) is 0 Å². The minimum absolute atomic E-state index is 0.499. The van der Waals surface area contributed by atoms with E-state index < -0.39 is 0 Å². The Hall–Kier alpha value is -2.08. The number of rotatable bonds is 3. The summed E-state index contributed by atoms with van der Waals surface area (Å²) < 4.78 is 0. The van der Waals surface area contributed by atoms with E-state index in [4.69, 9.17) is 0 Å². The summed E-state index contributed by atoms with van der Waals surface area (Å²) in [5, 5.41) is 2.60. The molecule has 0 aliphatic rings. The van der Waals surface area contributed by atoms with Crippen LogP contribution in [0.4, 0.5) is 0 Å². The van der Waals surface area contributed by atoms with Crippen LogP contribution < -0.4 is 0 Å². The van der Waals surface area contributed by atoms with Gasteiger partial charge in [-0.15, -0.1) is 0 Å². The van der Waals surface area contributed by atoms with Crippen molar-refractivity contribution in [2.75, 3.05) is 0 Å². The van der Waals surface area contributed by atoms with Gasteiger partial charge < -0.3 is 0 Å². The highest BCUT2D eigenvalue weighted by Gasteiger charge is 2.18. The zero-order chi connectivity index (χ0) is 13.9. The van der Waals surface area contributed by atoms with Crippen molar-refractivity contribution in [1.29, 1.82) is 0 Å². The van der Waals surface area contributed by atoms with Crippen LogP contribution in [0.3, 0.4) is 0 Å². The SMILES string of the molecule is CC(C)[C](c1ccccc1)c1ccc2ccccc2c1. The molecule has 0 bridgehead atoms. The van der Waals surface area contributed by atoms with Gasteiger partial charge in [0.1, 0.15) is 0 Å². The molecule has 1 radical (unpaired) electrons. The molecule has 3 rings (SSSR count). The molecule has 0 N–H and O–H groups in total. The molecule has 0 unspecified atom stereocenters. The highest BCUT2D eigenvalue weighted by atomic mass is 14.2. The summed E-state index contributed by atoms with van der Waals surface area (Å²) in [4.78, 5) is 0. The normalized spacial score (nSPS) is 11.4. The average Bonchev–Trinajstić information content (AvgIpc) is 2.48. The standard InChI is InChI=1S/C20H19/c1-15(2)20(17-9-4-3-5-10-17)19-13-12-16-8-6-7-11-18(16)14-19/h3-15H,1-2H3. The molecule has 0 spiro atoms. The smallest absolute Gasteiger partial charge is 0.0365 e. The maximum absolute atomic E-state index is 2.30. The third kappa shape index (κ3) is 2.46. The minimum atomic E-state index is 0.499. The summed E-state index contributed by atoms with van der Waals surface area (Å²) in [6.45, 7) is 4.52. The zero-order valence-electron chi connectivity index (χ0n) is 12.0. The second-order valence-corrected chi connectivity index (χ2v) is 5.50. The molecular formula is C20H19. The van der Waals surface area contributed by atoms with Crippen molar-refractivity contribution in [3.63, 3.8) is 0 Å². The largest absolute Gasteiger partial charge is 0.0622 e. The quantitative estimate of drug-likeness (QED) is 0.585. The third-order valence-electron chi connectivity index (χ3n) is 3.72. The van der Waals surface area contributed by atoms with Crippen LogP contribution >= 0.6 is 0 Å². The Labute approximate surface area is 121 Å². The lowest BCUT2D eigenvalue weighted by atomic mass is 9.82. The van der Waals surface area contributed by atoms with E-state index in [0.29, 0.717) is 5.92 Å². The second-order valence-electron chi connectivity index (χ2n) is 5.50. The Morgan fingerprint density at radius 2 is 1.30 bits per heavy atom. The maximum Gasteiger partial charge on any atom is 0.0365 e. The van der Waals surface area contributed by atoms with Gasteiger partial charge >= 0.3 is 0 Å². The summed E-state index contributed by atoms with van der Waals surface area (Å²) in [7, 11) is 0. The highest BCUT2D eigenvalue weighted by Crippen LogP contribution is 2.32. The molecule has 20 heavy (non-hydrogen) atoms. The lowest BCUT2D eigenvalue weighted by Crippen LogP contribution is -2.09. The molecule has 3 aromatic carbocycles. The molecule has 0 heterocycles. The molecule has 0 nitrogen and oxygen atoms in total. The van der Waals surface area contributed by atoms with Crippen LogP contribution in [0.2, 0.25) is 0 Å². The Morgan fingerprint density at radius 1 is 0.650 bits per heavy atom. The van der Waals surface area contributed by atoms with Gasteiger partial charge in [0.25, 0.3) is 0 Å². The Balaban J connectivity index is 2.10. The topological polar surface area (TPSA) is 0 Å². The number of hydrogen-bond acceptors (Lipinski definition) is 0. The molecule has 0 aliphatic heterocycles. The molecule has 0 atom stereocenters. The van der Waals surface area contributed by atoms with Gasteiger partial charge in [-0.1, -0.05) is 86.6 Å². The van der Waals surface area contributed by atoms with Crippen LogP contribution in [0, 0.1) is 11.8 Å². The Kier molecular flexibility index (Phi) is 3.56. The fourth-order valence-corrected chi connectivity index (χ4v) is 2.81. The van der Waals surface area contributed by atoms with Crippen LogP contribution in [0.1, 0.15) is 25.0 Å². The molecule has 0 amide bonds. The van der Waals surface area contributed by atoms with Gasteiger partial charge in [-0.05, 0) is 27.8 Å². The Morgan fingerprint density at radius 3 is 2.00 bits per heavy atom. The van der Waals surface area contributed by atoms with Crippen molar-refractivity contribution in [3.05, 3.63) is 89.8 Å². The summed E-state index contributed by atoms with van der Waals surface area (Å²) in [5.41, 5.74) is 2.64. The Bertz CT molecular complexity index is 695. The van der Waals surface area contributed by atoms with Gasteiger partial charge in [0.05, 0.1) is 0 Å². The predicted octanol–water partition coefficient (Wildman–Crippen LogP) is 5.47. The van der Waals surface area contributed by atoms with E-state index in [9.17, 15) is 0 Å². The predicted molar refractivity (Wildman–Crippen MR) is 86.7 cm³/mol. The van der Waals surface area contributed by atoms with Crippen LogP contribution in [-0.4, -0.2) is 0 Å². The maximum atomic E-state index is 2.30.